The molecule has 0 bridgehead atoms. The first-order chi connectivity index (χ1) is 13.0. The Morgan fingerprint density at radius 1 is 1.11 bits per heavy atom. The Balaban J connectivity index is 1.81. The molecule has 6 nitrogen and oxygen atoms in total. The summed E-state index contributed by atoms with van der Waals surface area (Å²) in [6, 6.07) is 14.7. The number of ether oxygens (including phenoxy) is 2. The summed E-state index contributed by atoms with van der Waals surface area (Å²) < 4.78 is 10.7. The number of hydrogen-bond acceptors (Lipinski definition) is 4. The molecule has 144 valence electrons. The zero-order valence-corrected chi connectivity index (χ0v) is 15.6. The summed E-state index contributed by atoms with van der Waals surface area (Å²) in [4.78, 5) is 22.7. The van der Waals surface area contributed by atoms with Gasteiger partial charge in [0.05, 0.1) is 13.7 Å². The maximum absolute atomic E-state index is 12.3. The van der Waals surface area contributed by atoms with E-state index < -0.39 is 5.97 Å². The minimum absolute atomic E-state index is 0.0666. The number of benzene rings is 2. The number of anilines is 1. The van der Waals surface area contributed by atoms with Crippen LogP contribution in [0.4, 0.5) is 5.69 Å². The summed E-state index contributed by atoms with van der Waals surface area (Å²) in [6.45, 7) is 2.35. The van der Waals surface area contributed by atoms with Gasteiger partial charge in [0.25, 0.3) is 0 Å². The zero-order chi connectivity index (χ0) is 19.6. The summed E-state index contributed by atoms with van der Waals surface area (Å²) >= 11 is 0. The Morgan fingerprint density at radius 2 is 1.85 bits per heavy atom. The fourth-order valence-electron chi connectivity index (χ4n) is 2.60. The number of amides is 1. The molecule has 0 saturated heterocycles. The van der Waals surface area contributed by atoms with Crippen LogP contribution >= 0.6 is 0 Å². The van der Waals surface area contributed by atoms with E-state index in [1.165, 1.54) is 0 Å². The lowest BCUT2D eigenvalue weighted by Gasteiger charge is -2.13. The molecule has 2 aromatic carbocycles. The number of nitrogens with one attached hydrogen (secondary N) is 1. The molecule has 2 rings (SSSR count). The fourth-order valence-corrected chi connectivity index (χ4v) is 2.60. The molecule has 0 spiro atoms. The van der Waals surface area contributed by atoms with Crippen LogP contribution in [0, 0.1) is 0 Å². The molecule has 1 atom stereocenters. The van der Waals surface area contributed by atoms with Gasteiger partial charge in [-0.05, 0) is 54.3 Å². The predicted octanol–water partition coefficient (Wildman–Crippen LogP) is 4.07. The van der Waals surface area contributed by atoms with Crippen LogP contribution in [0.1, 0.15) is 37.7 Å². The number of aliphatic carboxylic acids is 1. The highest BCUT2D eigenvalue weighted by Gasteiger charge is 2.12. The molecule has 0 aliphatic heterocycles. The second-order valence-corrected chi connectivity index (χ2v) is 6.30. The Labute approximate surface area is 159 Å². The number of carboxylic acids is 1. The van der Waals surface area contributed by atoms with E-state index in [2.05, 4.69) is 5.32 Å². The first-order valence-corrected chi connectivity index (χ1v) is 8.86. The number of carbonyl (C=O) groups excluding carboxylic acids is 1. The number of methoxy groups -OCH3 is 1. The van der Waals surface area contributed by atoms with E-state index in [-0.39, 0.29) is 18.2 Å². The molecule has 0 saturated carbocycles. The largest absolute Gasteiger partial charge is 0.497 e. The quantitative estimate of drug-likeness (QED) is 0.615. The van der Waals surface area contributed by atoms with Gasteiger partial charge in [-0.15, -0.1) is 0 Å². The molecule has 6 heteroatoms. The topological polar surface area (TPSA) is 84.9 Å². The van der Waals surface area contributed by atoms with Gasteiger partial charge in [0.15, 0.2) is 0 Å². The zero-order valence-electron chi connectivity index (χ0n) is 15.6. The monoisotopic (exact) mass is 371 g/mol. The molecular weight excluding hydrogens is 346 g/mol. The summed E-state index contributed by atoms with van der Waals surface area (Å²) in [6.07, 6.45) is 0.899. The van der Waals surface area contributed by atoms with Crippen molar-refractivity contribution >= 4 is 17.6 Å². The van der Waals surface area contributed by atoms with Crippen LogP contribution < -0.4 is 14.8 Å². The van der Waals surface area contributed by atoms with Gasteiger partial charge in [-0.3, -0.25) is 9.59 Å². The Bertz CT molecular complexity index is 757. The van der Waals surface area contributed by atoms with Crippen molar-refractivity contribution in [2.24, 2.45) is 0 Å². The van der Waals surface area contributed by atoms with Crippen LogP contribution in [0.5, 0.6) is 11.5 Å². The van der Waals surface area contributed by atoms with Gasteiger partial charge in [0, 0.05) is 18.5 Å². The Morgan fingerprint density at radius 3 is 2.52 bits per heavy atom. The van der Waals surface area contributed by atoms with Crippen LogP contribution in [0.15, 0.2) is 48.5 Å². The maximum atomic E-state index is 12.3. The third kappa shape index (κ3) is 7.01. The molecule has 0 heterocycles. The summed E-state index contributed by atoms with van der Waals surface area (Å²) in [7, 11) is 1.62. The summed E-state index contributed by atoms with van der Waals surface area (Å²) in [5.41, 5.74) is 1.74. The fraction of sp³-hybridized carbons (Fsp3) is 0.333. The molecule has 0 aliphatic carbocycles. The molecule has 0 aromatic heterocycles. The lowest BCUT2D eigenvalue weighted by atomic mass is 9.97. The molecular formula is C21H25NO5. The first-order valence-electron chi connectivity index (χ1n) is 8.86. The minimum atomic E-state index is -0.833. The smallest absolute Gasteiger partial charge is 0.303 e. The van der Waals surface area contributed by atoms with Crippen molar-refractivity contribution in [3.63, 3.8) is 0 Å². The van der Waals surface area contributed by atoms with Crippen molar-refractivity contribution in [2.75, 3.05) is 19.0 Å². The van der Waals surface area contributed by atoms with Crippen LogP contribution in [0.3, 0.4) is 0 Å². The van der Waals surface area contributed by atoms with E-state index in [1.807, 2.05) is 31.2 Å². The number of carbonyl (C=O) groups is 2. The number of rotatable bonds is 10. The van der Waals surface area contributed by atoms with Crippen molar-refractivity contribution in [3.05, 3.63) is 54.1 Å². The molecule has 0 fully saturated rings. The van der Waals surface area contributed by atoms with E-state index in [9.17, 15) is 9.59 Å². The highest BCUT2D eigenvalue weighted by molar-refractivity contribution is 5.91. The van der Waals surface area contributed by atoms with Gasteiger partial charge in [0.1, 0.15) is 11.5 Å². The van der Waals surface area contributed by atoms with Crippen LogP contribution in [0.2, 0.25) is 0 Å². The molecule has 2 aromatic rings. The van der Waals surface area contributed by atoms with Crippen molar-refractivity contribution < 1.29 is 24.2 Å². The van der Waals surface area contributed by atoms with Crippen molar-refractivity contribution in [1.82, 2.24) is 0 Å². The lowest BCUT2D eigenvalue weighted by molar-refractivity contribution is -0.137. The van der Waals surface area contributed by atoms with Gasteiger partial charge < -0.3 is 19.9 Å². The highest BCUT2D eigenvalue weighted by Crippen LogP contribution is 2.24. The average Bonchev–Trinajstić information content (AvgIpc) is 2.66. The second kappa shape index (κ2) is 10.2. The Kier molecular flexibility index (Phi) is 7.67. The standard InChI is InChI=1S/C21H25NO5/c1-15(16-5-3-6-19(14-16)26-2)13-20(23)22-17-8-10-18(11-9-17)27-12-4-7-21(24)25/h3,5-6,8-11,14-15H,4,7,12-13H2,1-2H3,(H,22,23)(H,24,25). The SMILES string of the molecule is COc1cccc(C(C)CC(=O)Nc2ccc(OCCCC(=O)O)cc2)c1. The maximum Gasteiger partial charge on any atom is 0.303 e. The van der Waals surface area contributed by atoms with Gasteiger partial charge in [-0.1, -0.05) is 19.1 Å². The van der Waals surface area contributed by atoms with Gasteiger partial charge in [-0.25, -0.2) is 0 Å². The van der Waals surface area contributed by atoms with E-state index in [4.69, 9.17) is 14.6 Å². The molecule has 0 aliphatic rings. The normalized spacial score (nSPS) is 11.5. The third-order valence-electron chi connectivity index (χ3n) is 4.10. The number of carboxylic acid groups (broad SMARTS) is 1. The molecule has 2 N–H and O–H groups in total. The third-order valence-corrected chi connectivity index (χ3v) is 4.10. The first kappa shape index (κ1) is 20.3. The van der Waals surface area contributed by atoms with Crippen LogP contribution in [0.25, 0.3) is 0 Å². The second-order valence-electron chi connectivity index (χ2n) is 6.30. The van der Waals surface area contributed by atoms with E-state index in [1.54, 1.807) is 31.4 Å². The van der Waals surface area contributed by atoms with E-state index in [0.29, 0.717) is 30.9 Å². The Hall–Kier alpha value is -3.02. The van der Waals surface area contributed by atoms with Crippen LogP contribution in [-0.2, 0) is 9.59 Å². The van der Waals surface area contributed by atoms with Crippen molar-refractivity contribution in [3.8, 4) is 11.5 Å². The number of hydrogen-bond donors (Lipinski definition) is 2. The summed E-state index contributed by atoms with van der Waals surface area (Å²) in [5, 5.41) is 11.5. The molecule has 1 unspecified atom stereocenters. The lowest BCUT2D eigenvalue weighted by Crippen LogP contribution is -2.14. The molecule has 0 radical (unpaired) electrons. The average molecular weight is 371 g/mol. The highest BCUT2D eigenvalue weighted by atomic mass is 16.5. The van der Waals surface area contributed by atoms with Gasteiger partial charge >= 0.3 is 5.97 Å². The summed E-state index contributed by atoms with van der Waals surface area (Å²) in [5.74, 6) is 0.582. The molecule has 1 amide bonds. The predicted molar refractivity (Wildman–Crippen MR) is 103 cm³/mol. The van der Waals surface area contributed by atoms with Gasteiger partial charge in [-0.2, -0.15) is 0 Å². The van der Waals surface area contributed by atoms with Crippen molar-refractivity contribution in [2.45, 2.75) is 32.1 Å². The minimum Gasteiger partial charge on any atom is -0.497 e. The van der Waals surface area contributed by atoms with E-state index in [0.717, 1.165) is 11.3 Å². The van der Waals surface area contributed by atoms with Crippen LogP contribution in [-0.4, -0.2) is 30.7 Å². The van der Waals surface area contributed by atoms with E-state index >= 15 is 0 Å². The molecule has 27 heavy (non-hydrogen) atoms. The van der Waals surface area contributed by atoms with Crippen molar-refractivity contribution in [1.29, 1.82) is 0 Å². The van der Waals surface area contributed by atoms with Gasteiger partial charge in [0.2, 0.25) is 5.91 Å².